The highest BCUT2D eigenvalue weighted by Crippen LogP contribution is 2.34. The molecule has 0 aliphatic carbocycles. The predicted molar refractivity (Wildman–Crippen MR) is 107 cm³/mol. The minimum Gasteiger partial charge on any atom is -0.367 e. The van der Waals surface area contributed by atoms with E-state index in [2.05, 4.69) is 10.6 Å². The molecule has 1 fully saturated rings. The molecule has 0 radical (unpaired) electrons. The van der Waals surface area contributed by atoms with Crippen molar-refractivity contribution in [1.82, 2.24) is 0 Å². The van der Waals surface area contributed by atoms with Crippen LogP contribution in [0.15, 0.2) is 42.6 Å². The van der Waals surface area contributed by atoms with Gasteiger partial charge in [0, 0.05) is 30.2 Å². The standard InChI is InChI=1S/C21H22FN3O3/c1-13-4-3-5-17-20(13)15(21(26)24-17)11-23-14-6-7-18(16(22)10-14)25(2)12-19-27-8-9-28-19/h3-7,10-11,19,23H,8-9,12H2,1-2H3,(H,24,26)/b15-11+. The van der Waals surface area contributed by atoms with Gasteiger partial charge < -0.3 is 25.0 Å². The van der Waals surface area contributed by atoms with Crippen LogP contribution in [0.1, 0.15) is 11.1 Å². The minimum atomic E-state index is -0.364. The molecule has 0 atom stereocenters. The SMILES string of the molecule is Cc1cccc2c1/C(=C\Nc1ccc(N(C)CC3OCCO3)c(F)c1)C(=O)N2. The average Bonchev–Trinajstić information content (AvgIpc) is 3.27. The van der Waals surface area contributed by atoms with Crippen molar-refractivity contribution in [2.45, 2.75) is 13.2 Å². The highest BCUT2D eigenvalue weighted by Gasteiger charge is 2.25. The summed E-state index contributed by atoms with van der Waals surface area (Å²) in [4.78, 5) is 14.0. The zero-order chi connectivity index (χ0) is 19.7. The number of halogens is 1. The lowest BCUT2D eigenvalue weighted by atomic mass is 10.0. The maximum Gasteiger partial charge on any atom is 0.257 e. The summed E-state index contributed by atoms with van der Waals surface area (Å²) < 4.78 is 25.4. The number of nitrogens with one attached hydrogen (secondary N) is 2. The van der Waals surface area contributed by atoms with E-state index in [1.54, 1.807) is 30.3 Å². The Morgan fingerprint density at radius 2 is 2.07 bits per heavy atom. The molecule has 0 spiro atoms. The zero-order valence-corrected chi connectivity index (χ0v) is 15.8. The summed E-state index contributed by atoms with van der Waals surface area (Å²) in [5, 5.41) is 5.88. The van der Waals surface area contributed by atoms with Gasteiger partial charge in [0.2, 0.25) is 0 Å². The van der Waals surface area contributed by atoms with Gasteiger partial charge in [-0.05, 0) is 36.8 Å². The molecule has 1 saturated heterocycles. The van der Waals surface area contributed by atoms with Crippen molar-refractivity contribution in [3.63, 3.8) is 0 Å². The van der Waals surface area contributed by atoms with Crippen molar-refractivity contribution in [3.8, 4) is 0 Å². The number of anilines is 3. The summed E-state index contributed by atoms with van der Waals surface area (Å²) >= 11 is 0. The topological polar surface area (TPSA) is 62.8 Å². The molecule has 0 unspecified atom stereocenters. The first-order chi connectivity index (χ1) is 13.5. The summed E-state index contributed by atoms with van der Waals surface area (Å²) in [5.41, 5.74) is 4.21. The second-order valence-corrected chi connectivity index (χ2v) is 6.87. The van der Waals surface area contributed by atoms with Crippen LogP contribution in [0.25, 0.3) is 5.57 Å². The fourth-order valence-corrected chi connectivity index (χ4v) is 3.47. The van der Waals surface area contributed by atoms with Crippen LogP contribution in [0.3, 0.4) is 0 Å². The average molecular weight is 383 g/mol. The molecule has 1 amide bonds. The first-order valence-electron chi connectivity index (χ1n) is 9.15. The van der Waals surface area contributed by atoms with E-state index >= 15 is 0 Å². The number of hydrogen-bond acceptors (Lipinski definition) is 5. The molecule has 146 valence electrons. The number of fused-ring (bicyclic) bond motifs is 1. The van der Waals surface area contributed by atoms with E-state index in [1.807, 2.05) is 25.1 Å². The molecular formula is C21H22FN3O3. The molecule has 2 N–H and O–H groups in total. The van der Waals surface area contributed by atoms with E-state index in [9.17, 15) is 9.18 Å². The zero-order valence-electron chi connectivity index (χ0n) is 15.8. The van der Waals surface area contributed by atoms with Crippen LogP contribution >= 0.6 is 0 Å². The second-order valence-electron chi connectivity index (χ2n) is 6.87. The van der Waals surface area contributed by atoms with Crippen LogP contribution in [0.2, 0.25) is 0 Å². The molecule has 2 aliphatic rings. The molecular weight excluding hydrogens is 361 g/mol. The van der Waals surface area contributed by atoms with Gasteiger partial charge in [0.15, 0.2) is 6.29 Å². The van der Waals surface area contributed by atoms with Crippen LogP contribution in [-0.2, 0) is 14.3 Å². The predicted octanol–water partition coefficient (Wildman–Crippen LogP) is 3.35. The Kier molecular flexibility index (Phi) is 5.02. The number of benzene rings is 2. The third-order valence-corrected chi connectivity index (χ3v) is 4.89. The number of hydrogen-bond donors (Lipinski definition) is 2. The maximum absolute atomic E-state index is 14.6. The van der Waals surface area contributed by atoms with Gasteiger partial charge in [0.25, 0.3) is 5.91 Å². The van der Waals surface area contributed by atoms with Crippen molar-refractivity contribution in [1.29, 1.82) is 0 Å². The first-order valence-corrected chi connectivity index (χ1v) is 9.15. The molecule has 2 aliphatic heterocycles. The molecule has 4 rings (SSSR count). The van der Waals surface area contributed by atoms with Crippen molar-refractivity contribution in [2.24, 2.45) is 0 Å². The number of aryl methyl sites for hydroxylation is 1. The van der Waals surface area contributed by atoms with E-state index < -0.39 is 0 Å². The van der Waals surface area contributed by atoms with Gasteiger partial charge in [-0.3, -0.25) is 4.79 Å². The van der Waals surface area contributed by atoms with Crippen molar-refractivity contribution in [3.05, 3.63) is 59.5 Å². The smallest absolute Gasteiger partial charge is 0.257 e. The van der Waals surface area contributed by atoms with Gasteiger partial charge in [-0.25, -0.2) is 4.39 Å². The van der Waals surface area contributed by atoms with Crippen LogP contribution in [0, 0.1) is 12.7 Å². The number of amides is 1. The highest BCUT2D eigenvalue weighted by molar-refractivity contribution is 6.32. The normalized spacial score (nSPS) is 17.7. The van der Waals surface area contributed by atoms with Crippen LogP contribution < -0.4 is 15.5 Å². The van der Waals surface area contributed by atoms with Gasteiger partial charge in [-0.15, -0.1) is 0 Å². The summed E-state index contributed by atoms with van der Waals surface area (Å²) in [7, 11) is 1.79. The number of ether oxygens (including phenoxy) is 2. The summed E-state index contributed by atoms with van der Waals surface area (Å²) in [5.74, 6) is -0.540. The molecule has 0 saturated carbocycles. The van der Waals surface area contributed by atoms with Crippen LogP contribution in [0.4, 0.5) is 21.5 Å². The molecule has 7 heteroatoms. The molecule has 0 bridgehead atoms. The van der Waals surface area contributed by atoms with Gasteiger partial charge in [0.05, 0.1) is 31.0 Å². The van der Waals surface area contributed by atoms with E-state index in [-0.39, 0.29) is 18.0 Å². The monoisotopic (exact) mass is 383 g/mol. The Morgan fingerprint density at radius 3 is 2.82 bits per heavy atom. The first kappa shape index (κ1) is 18.5. The fourth-order valence-electron chi connectivity index (χ4n) is 3.47. The molecule has 2 aromatic rings. The summed E-state index contributed by atoms with van der Waals surface area (Å²) in [6, 6.07) is 10.6. The molecule has 2 heterocycles. The number of likely N-dealkylation sites (N-methyl/N-ethyl adjacent to an activating group) is 1. The number of nitrogens with zero attached hydrogens (tertiary/aromatic N) is 1. The van der Waals surface area contributed by atoms with E-state index in [0.29, 0.717) is 36.7 Å². The molecule has 6 nitrogen and oxygen atoms in total. The lowest BCUT2D eigenvalue weighted by molar-refractivity contribution is -0.110. The van der Waals surface area contributed by atoms with Crippen molar-refractivity contribution < 1.29 is 18.7 Å². The Bertz CT molecular complexity index is 938. The Balaban J connectivity index is 1.50. The third kappa shape index (κ3) is 3.58. The van der Waals surface area contributed by atoms with Crippen molar-refractivity contribution >= 4 is 28.5 Å². The quantitative estimate of drug-likeness (QED) is 0.776. The van der Waals surface area contributed by atoms with E-state index in [4.69, 9.17) is 9.47 Å². The summed E-state index contributed by atoms with van der Waals surface area (Å²) in [6.07, 6.45) is 1.28. The Hall–Kier alpha value is -2.90. The van der Waals surface area contributed by atoms with Crippen LogP contribution in [0.5, 0.6) is 0 Å². The molecule has 0 aromatic heterocycles. The molecule has 28 heavy (non-hydrogen) atoms. The van der Waals surface area contributed by atoms with E-state index in [0.717, 1.165) is 16.8 Å². The number of carbonyl (C=O) groups is 1. The van der Waals surface area contributed by atoms with Gasteiger partial charge in [0.1, 0.15) is 5.82 Å². The lowest BCUT2D eigenvalue weighted by Gasteiger charge is -2.23. The lowest BCUT2D eigenvalue weighted by Crippen LogP contribution is -2.30. The number of rotatable bonds is 5. The van der Waals surface area contributed by atoms with Gasteiger partial charge in [-0.2, -0.15) is 0 Å². The van der Waals surface area contributed by atoms with E-state index in [1.165, 1.54) is 6.07 Å². The third-order valence-electron chi connectivity index (χ3n) is 4.89. The largest absolute Gasteiger partial charge is 0.367 e. The van der Waals surface area contributed by atoms with Crippen molar-refractivity contribution in [2.75, 3.05) is 42.3 Å². The Morgan fingerprint density at radius 1 is 1.29 bits per heavy atom. The summed E-state index contributed by atoms with van der Waals surface area (Å²) in [6.45, 7) is 3.53. The minimum absolute atomic E-state index is 0.176. The van der Waals surface area contributed by atoms with Gasteiger partial charge >= 0.3 is 0 Å². The van der Waals surface area contributed by atoms with Gasteiger partial charge in [-0.1, -0.05) is 12.1 Å². The van der Waals surface area contributed by atoms with Crippen LogP contribution in [-0.4, -0.2) is 39.0 Å². The fraction of sp³-hybridized carbons (Fsp3) is 0.286. The number of carbonyl (C=O) groups excluding carboxylic acids is 1. The highest BCUT2D eigenvalue weighted by atomic mass is 19.1. The molecule has 2 aromatic carbocycles. The Labute approximate surface area is 162 Å². The second kappa shape index (κ2) is 7.61. The maximum atomic E-state index is 14.6.